The molecule has 1 fully saturated rings. The van der Waals surface area contributed by atoms with Gasteiger partial charge in [0.15, 0.2) is 16.4 Å². The zero-order chi connectivity index (χ0) is 22.6. The molecule has 168 valence electrons. The molecule has 1 aromatic carbocycles. The quantitative estimate of drug-likeness (QED) is 0.558. The minimum atomic E-state index is -3.11. The van der Waals surface area contributed by atoms with E-state index in [1.165, 1.54) is 0 Å². The van der Waals surface area contributed by atoms with Crippen LogP contribution in [0.25, 0.3) is 11.3 Å². The summed E-state index contributed by atoms with van der Waals surface area (Å²) < 4.78 is 28.8. The molecule has 1 aliphatic rings. The lowest BCUT2D eigenvalue weighted by atomic mass is 10.1. The fraction of sp³-hybridized carbons (Fsp3) is 0.500. The number of benzene rings is 1. The monoisotopic (exact) mass is 464 g/mol. The van der Waals surface area contributed by atoms with Crippen LogP contribution in [0, 0.1) is 12.8 Å². The largest absolute Gasteiger partial charge is 0.455 e. The smallest absolute Gasteiger partial charge is 0.310 e. The van der Waals surface area contributed by atoms with Crippen molar-refractivity contribution < 1.29 is 22.7 Å². The van der Waals surface area contributed by atoms with E-state index in [4.69, 9.17) is 4.74 Å². The van der Waals surface area contributed by atoms with Crippen LogP contribution >= 0.6 is 11.3 Å². The van der Waals surface area contributed by atoms with Crippen LogP contribution in [0.2, 0.25) is 0 Å². The maximum atomic E-state index is 12.7. The second-order valence-corrected chi connectivity index (χ2v) is 11.6. The van der Waals surface area contributed by atoms with E-state index < -0.39 is 15.8 Å². The molecule has 0 aliphatic carbocycles. The SMILES string of the molecule is Cc1nc(-c2ccc(CC(=O)OCC(=O)N(CC(C)C)[C@@H]3CCS(=O)(=O)C3)cc2)cs1. The lowest BCUT2D eigenvalue weighted by Crippen LogP contribution is -2.45. The maximum absolute atomic E-state index is 12.7. The van der Waals surface area contributed by atoms with Crippen LogP contribution in [-0.2, 0) is 30.6 Å². The Morgan fingerprint density at radius 3 is 2.52 bits per heavy atom. The second-order valence-electron chi connectivity index (χ2n) is 8.28. The van der Waals surface area contributed by atoms with Crippen LogP contribution in [0.4, 0.5) is 0 Å². The first-order valence-corrected chi connectivity index (χ1v) is 13.0. The highest BCUT2D eigenvalue weighted by Crippen LogP contribution is 2.22. The third-order valence-corrected chi connectivity index (χ3v) is 7.63. The van der Waals surface area contributed by atoms with Crippen molar-refractivity contribution >= 4 is 33.1 Å². The van der Waals surface area contributed by atoms with E-state index in [0.717, 1.165) is 21.8 Å². The number of hydrogen-bond acceptors (Lipinski definition) is 7. The lowest BCUT2D eigenvalue weighted by molar-refractivity contribution is -0.152. The van der Waals surface area contributed by atoms with Crippen LogP contribution < -0.4 is 0 Å². The van der Waals surface area contributed by atoms with Gasteiger partial charge in [-0.2, -0.15) is 0 Å². The summed E-state index contributed by atoms with van der Waals surface area (Å²) in [4.78, 5) is 30.9. The van der Waals surface area contributed by atoms with Gasteiger partial charge in [0.1, 0.15) is 0 Å². The van der Waals surface area contributed by atoms with Crippen LogP contribution in [0.3, 0.4) is 0 Å². The Morgan fingerprint density at radius 2 is 1.97 bits per heavy atom. The third kappa shape index (κ3) is 6.61. The van der Waals surface area contributed by atoms with Crippen molar-refractivity contribution in [2.24, 2.45) is 5.92 Å². The van der Waals surface area contributed by atoms with Crippen molar-refractivity contribution in [3.05, 3.63) is 40.2 Å². The number of rotatable bonds is 8. The van der Waals surface area contributed by atoms with Crippen LogP contribution in [0.15, 0.2) is 29.6 Å². The molecule has 1 amide bonds. The van der Waals surface area contributed by atoms with Gasteiger partial charge in [0.05, 0.1) is 28.6 Å². The van der Waals surface area contributed by atoms with Gasteiger partial charge >= 0.3 is 5.97 Å². The third-order valence-electron chi connectivity index (χ3n) is 5.11. The summed E-state index contributed by atoms with van der Waals surface area (Å²) in [6.45, 7) is 5.94. The Labute approximate surface area is 187 Å². The number of aryl methyl sites for hydroxylation is 1. The number of sulfone groups is 1. The van der Waals surface area contributed by atoms with Gasteiger partial charge in [0, 0.05) is 23.5 Å². The molecule has 0 radical (unpaired) electrons. The van der Waals surface area contributed by atoms with Gasteiger partial charge in [-0.25, -0.2) is 13.4 Å². The van der Waals surface area contributed by atoms with Crippen molar-refractivity contribution in [2.45, 2.75) is 39.7 Å². The maximum Gasteiger partial charge on any atom is 0.310 e. The average molecular weight is 465 g/mol. The second kappa shape index (κ2) is 9.91. The fourth-order valence-corrected chi connectivity index (χ4v) is 5.95. The van der Waals surface area contributed by atoms with E-state index in [2.05, 4.69) is 4.98 Å². The molecule has 31 heavy (non-hydrogen) atoms. The first-order valence-electron chi connectivity index (χ1n) is 10.3. The van der Waals surface area contributed by atoms with Crippen molar-refractivity contribution in [1.82, 2.24) is 9.88 Å². The van der Waals surface area contributed by atoms with Crippen LogP contribution in [0.5, 0.6) is 0 Å². The predicted octanol–water partition coefficient (Wildman–Crippen LogP) is 2.88. The summed E-state index contributed by atoms with van der Waals surface area (Å²) in [5, 5.41) is 2.98. The molecule has 1 aliphatic heterocycles. The number of aromatic nitrogens is 1. The molecule has 2 aromatic rings. The first kappa shape index (κ1) is 23.4. The highest BCUT2D eigenvalue weighted by molar-refractivity contribution is 7.91. The van der Waals surface area contributed by atoms with Crippen molar-refractivity contribution in [2.75, 3.05) is 24.7 Å². The highest BCUT2D eigenvalue weighted by Gasteiger charge is 2.35. The molecule has 1 saturated heterocycles. The number of carbonyl (C=O) groups excluding carboxylic acids is 2. The minimum absolute atomic E-state index is 0.0235. The molecule has 1 aromatic heterocycles. The van der Waals surface area contributed by atoms with Crippen molar-refractivity contribution in [3.63, 3.8) is 0 Å². The molecular weight excluding hydrogens is 436 g/mol. The molecule has 0 spiro atoms. The number of thiazole rings is 1. The molecule has 7 nitrogen and oxygen atoms in total. The van der Waals surface area contributed by atoms with Crippen molar-refractivity contribution in [3.8, 4) is 11.3 Å². The summed E-state index contributed by atoms with van der Waals surface area (Å²) >= 11 is 1.58. The Hall–Kier alpha value is -2.26. The number of esters is 1. The number of hydrogen-bond donors (Lipinski definition) is 0. The fourth-order valence-electron chi connectivity index (χ4n) is 3.60. The molecule has 9 heteroatoms. The minimum Gasteiger partial charge on any atom is -0.455 e. The number of amides is 1. The zero-order valence-corrected chi connectivity index (χ0v) is 19.7. The van der Waals surface area contributed by atoms with Gasteiger partial charge in [0.25, 0.3) is 5.91 Å². The van der Waals surface area contributed by atoms with Crippen LogP contribution in [0.1, 0.15) is 30.8 Å². The highest BCUT2D eigenvalue weighted by atomic mass is 32.2. The predicted molar refractivity (Wildman–Crippen MR) is 121 cm³/mol. The van der Waals surface area contributed by atoms with E-state index in [1.807, 2.05) is 50.4 Å². The summed E-state index contributed by atoms with van der Waals surface area (Å²) in [5.74, 6) is -0.587. The summed E-state index contributed by atoms with van der Waals surface area (Å²) in [7, 11) is -3.11. The Kier molecular flexibility index (Phi) is 7.48. The van der Waals surface area contributed by atoms with E-state index in [9.17, 15) is 18.0 Å². The van der Waals surface area contributed by atoms with Gasteiger partial charge < -0.3 is 9.64 Å². The number of ether oxygens (including phenoxy) is 1. The molecule has 3 rings (SSSR count). The first-order chi connectivity index (χ1) is 14.6. The topological polar surface area (TPSA) is 93.6 Å². The van der Waals surface area contributed by atoms with Crippen LogP contribution in [-0.4, -0.2) is 60.9 Å². The normalized spacial score (nSPS) is 17.6. The Bertz CT molecular complexity index is 1030. The summed E-state index contributed by atoms with van der Waals surface area (Å²) in [6.07, 6.45) is 0.491. The molecule has 0 unspecified atom stereocenters. The summed E-state index contributed by atoms with van der Waals surface area (Å²) in [6, 6.07) is 7.17. The molecule has 1 atom stereocenters. The van der Waals surface area contributed by atoms with E-state index in [0.29, 0.717) is 13.0 Å². The molecule has 0 N–H and O–H groups in total. The Balaban J connectivity index is 1.54. The van der Waals surface area contributed by atoms with E-state index in [1.54, 1.807) is 16.2 Å². The Morgan fingerprint density at radius 1 is 1.26 bits per heavy atom. The van der Waals surface area contributed by atoms with Gasteiger partial charge in [-0.05, 0) is 24.8 Å². The molecule has 0 bridgehead atoms. The van der Waals surface area contributed by atoms with Gasteiger partial charge in [0.2, 0.25) is 0 Å². The van der Waals surface area contributed by atoms with Gasteiger partial charge in [-0.1, -0.05) is 38.1 Å². The van der Waals surface area contributed by atoms with Gasteiger partial charge in [-0.15, -0.1) is 11.3 Å². The van der Waals surface area contributed by atoms with Crippen molar-refractivity contribution in [1.29, 1.82) is 0 Å². The van der Waals surface area contributed by atoms with Gasteiger partial charge in [-0.3, -0.25) is 9.59 Å². The molecule has 0 saturated carbocycles. The number of nitrogens with zero attached hydrogens (tertiary/aromatic N) is 2. The number of carbonyl (C=O) groups is 2. The lowest BCUT2D eigenvalue weighted by Gasteiger charge is -2.29. The van der Waals surface area contributed by atoms with E-state index in [-0.39, 0.29) is 42.4 Å². The van der Waals surface area contributed by atoms with E-state index >= 15 is 0 Å². The standard InChI is InChI=1S/C22H28N2O5S2/c1-15(2)11-24(19-8-9-31(27,28)14-19)21(25)12-29-22(26)10-17-4-6-18(7-5-17)20-13-30-16(3)23-20/h4-7,13,15,19H,8-12,14H2,1-3H3/t19-/m1/s1. The summed E-state index contributed by atoms with van der Waals surface area (Å²) in [5.41, 5.74) is 2.67. The average Bonchev–Trinajstić information content (AvgIpc) is 3.29. The zero-order valence-electron chi connectivity index (χ0n) is 18.0. The molecule has 2 heterocycles. The molecular formula is C22H28N2O5S2.